The number of hydrogen-bond donors (Lipinski definition) is 0. The van der Waals surface area contributed by atoms with Gasteiger partial charge in [-0.05, 0) is 115 Å². The molecule has 382 valence electrons. The van der Waals surface area contributed by atoms with Crippen LogP contribution >= 0.6 is 0 Å². The molecule has 82 heavy (non-hydrogen) atoms. The highest BCUT2D eigenvalue weighted by Crippen LogP contribution is 2.43. The molecule has 13 aromatic carbocycles. The Labute approximate surface area is 473 Å². The summed E-state index contributed by atoms with van der Waals surface area (Å²) in [6.07, 6.45) is 0. The van der Waals surface area contributed by atoms with Gasteiger partial charge >= 0.3 is 0 Å². The second kappa shape index (κ2) is 19.4. The number of aromatic nitrogens is 4. The molecule has 3 aromatic heterocycles. The highest BCUT2D eigenvalue weighted by Gasteiger charge is 2.22. The molecule has 0 fully saturated rings. The van der Waals surface area contributed by atoms with E-state index in [2.05, 4.69) is 284 Å². The summed E-state index contributed by atoms with van der Waals surface area (Å²) in [5.41, 5.74) is 19.0. The van der Waals surface area contributed by atoms with Crippen LogP contribution in [0, 0.1) is 0 Å². The van der Waals surface area contributed by atoms with Crippen molar-refractivity contribution in [1.82, 2.24) is 19.5 Å². The van der Waals surface area contributed by atoms with Crippen molar-refractivity contribution in [1.29, 1.82) is 0 Å². The molecule has 5 heteroatoms. The molecule has 0 saturated carbocycles. The van der Waals surface area contributed by atoms with E-state index in [0.29, 0.717) is 17.5 Å². The van der Waals surface area contributed by atoms with Crippen LogP contribution < -0.4 is 0 Å². The Morgan fingerprint density at radius 3 is 1.24 bits per heavy atom. The SMILES string of the molecule is c1ccc(-c2ccc(-c3ccc(-c4nc(-c5ccc(-c6ccc(-c7ccccc7)cc6)cc5)nc(-c5ccc(-n6c7cc8ccccc8cc7c7ccc8ccccc8c76)c(-c6ccc7oc8ccccc8c7c6)c5)n4)cc3)cc2)cc1. The standard InChI is InChI=1S/C77H48N4O/c1-3-13-49(14-4-1)51-23-27-53(28-24-51)55-31-35-58(36-32-55)75-78-76(59-37-33-56(34-38-59)54-29-25-52(26-30-54)50-15-5-2-6-16-50)80-77(79-75)63-40-43-70(67(47-63)62-41-44-73-69(46-62)65-21-11-12-22-72(65)82-73)81-71-48-61-19-8-7-18-60(61)45-68(71)66-42-39-57-17-9-10-20-64(57)74(66)81/h1-48H. The topological polar surface area (TPSA) is 56.7 Å². The zero-order valence-electron chi connectivity index (χ0n) is 44.4. The zero-order chi connectivity index (χ0) is 54.1. The summed E-state index contributed by atoms with van der Waals surface area (Å²) in [5.74, 6) is 1.75. The number of nitrogens with zero attached hydrogens (tertiary/aromatic N) is 4. The van der Waals surface area contributed by atoms with Crippen molar-refractivity contribution in [3.63, 3.8) is 0 Å². The second-order valence-electron chi connectivity index (χ2n) is 21.1. The fourth-order valence-corrected chi connectivity index (χ4v) is 12.1. The second-order valence-corrected chi connectivity index (χ2v) is 21.1. The van der Waals surface area contributed by atoms with Gasteiger partial charge < -0.3 is 8.98 Å². The molecule has 0 bridgehead atoms. The Morgan fingerprint density at radius 1 is 0.244 bits per heavy atom. The summed E-state index contributed by atoms with van der Waals surface area (Å²) in [5, 5.41) is 9.27. The van der Waals surface area contributed by atoms with E-state index >= 15 is 0 Å². The first-order valence-corrected chi connectivity index (χ1v) is 27.8. The van der Waals surface area contributed by atoms with Crippen molar-refractivity contribution in [2.24, 2.45) is 0 Å². The monoisotopic (exact) mass is 1040 g/mol. The van der Waals surface area contributed by atoms with Gasteiger partial charge in [-0.15, -0.1) is 0 Å². The Balaban J connectivity index is 0.876. The third-order valence-electron chi connectivity index (χ3n) is 16.3. The molecule has 0 atom stereocenters. The van der Waals surface area contributed by atoms with Crippen LogP contribution in [-0.2, 0) is 0 Å². The van der Waals surface area contributed by atoms with Crippen LogP contribution in [0.5, 0.6) is 0 Å². The van der Waals surface area contributed by atoms with E-state index in [1.54, 1.807) is 0 Å². The van der Waals surface area contributed by atoms with Gasteiger partial charge in [-0.1, -0.05) is 243 Å². The maximum Gasteiger partial charge on any atom is 0.164 e. The molecule has 0 aliphatic carbocycles. The first-order chi connectivity index (χ1) is 40.6. The number of hydrogen-bond acceptors (Lipinski definition) is 4. The van der Waals surface area contributed by atoms with Crippen molar-refractivity contribution < 1.29 is 4.42 Å². The third-order valence-corrected chi connectivity index (χ3v) is 16.3. The van der Waals surface area contributed by atoms with Crippen LogP contribution in [0.1, 0.15) is 0 Å². The Kier molecular flexibility index (Phi) is 11.1. The van der Waals surface area contributed by atoms with Crippen LogP contribution in [0.3, 0.4) is 0 Å². The normalized spacial score (nSPS) is 11.7. The third kappa shape index (κ3) is 8.22. The predicted molar refractivity (Wildman–Crippen MR) is 340 cm³/mol. The maximum absolute atomic E-state index is 6.43. The lowest BCUT2D eigenvalue weighted by molar-refractivity contribution is 0.669. The summed E-state index contributed by atoms with van der Waals surface area (Å²) in [6, 6.07) is 104. The molecule has 0 radical (unpaired) electrons. The molecule has 5 nitrogen and oxygen atoms in total. The quantitative estimate of drug-likeness (QED) is 0.145. The molecule has 0 aliphatic rings. The molecule has 0 unspecified atom stereocenters. The van der Waals surface area contributed by atoms with E-state index < -0.39 is 0 Å². The van der Waals surface area contributed by atoms with E-state index in [1.807, 2.05) is 12.1 Å². The summed E-state index contributed by atoms with van der Waals surface area (Å²) in [4.78, 5) is 16.0. The molecule has 0 saturated heterocycles. The lowest BCUT2D eigenvalue weighted by atomic mass is 9.98. The molecule has 16 aromatic rings. The van der Waals surface area contributed by atoms with Gasteiger partial charge in [-0.3, -0.25) is 0 Å². The highest BCUT2D eigenvalue weighted by atomic mass is 16.3. The molecule has 0 spiro atoms. The van der Waals surface area contributed by atoms with Crippen molar-refractivity contribution in [2.75, 3.05) is 0 Å². The largest absolute Gasteiger partial charge is 0.456 e. The molecule has 0 N–H and O–H groups in total. The van der Waals surface area contributed by atoms with E-state index in [4.69, 9.17) is 19.4 Å². The number of benzene rings is 13. The Morgan fingerprint density at radius 2 is 0.671 bits per heavy atom. The molecule has 0 aliphatic heterocycles. The van der Waals surface area contributed by atoms with Crippen LogP contribution in [0.4, 0.5) is 0 Å². The average molecular weight is 1050 g/mol. The number of fused-ring (bicyclic) bond motifs is 9. The van der Waals surface area contributed by atoms with Crippen molar-refractivity contribution in [3.05, 3.63) is 291 Å². The summed E-state index contributed by atoms with van der Waals surface area (Å²) < 4.78 is 8.91. The number of furan rings is 1. The molecular formula is C77H48N4O. The minimum atomic E-state index is 0.572. The van der Waals surface area contributed by atoms with Crippen LogP contribution in [0.25, 0.3) is 161 Å². The summed E-state index contributed by atoms with van der Waals surface area (Å²) in [7, 11) is 0. The summed E-state index contributed by atoms with van der Waals surface area (Å²) >= 11 is 0. The van der Waals surface area contributed by atoms with Gasteiger partial charge in [0.1, 0.15) is 11.2 Å². The van der Waals surface area contributed by atoms with E-state index in [9.17, 15) is 0 Å². The van der Waals surface area contributed by atoms with Crippen LogP contribution in [-0.4, -0.2) is 19.5 Å². The Bertz CT molecular complexity index is 4960. The lowest BCUT2D eigenvalue weighted by Crippen LogP contribution is -2.02. The van der Waals surface area contributed by atoms with Crippen LogP contribution in [0.2, 0.25) is 0 Å². The van der Waals surface area contributed by atoms with Crippen molar-refractivity contribution in [2.45, 2.75) is 0 Å². The fraction of sp³-hybridized carbons (Fsp3) is 0. The number of rotatable bonds is 9. The lowest BCUT2D eigenvalue weighted by Gasteiger charge is -2.17. The van der Waals surface area contributed by atoms with E-state index in [0.717, 1.165) is 88.7 Å². The van der Waals surface area contributed by atoms with Gasteiger partial charge in [0.2, 0.25) is 0 Å². The minimum Gasteiger partial charge on any atom is -0.456 e. The van der Waals surface area contributed by atoms with Gasteiger partial charge in [0, 0.05) is 49.2 Å². The van der Waals surface area contributed by atoms with E-state index in [-0.39, 0.29) is 0 Å². The molecule has 16 rings (SSSR count). The fourth-order valence-electron chi connectivity index (χ4n) is 12.1. The zero-order valence-corrected chi connectivity index (χ0v) is 44.4. The smallest absolute Gasteiger partial charge is 0.164 e. The Hall–Kier alpha value is -11.0. The average Bonchev–Trinajstić information content (AvgIpc) is 3.73. The van der Waals surface area contributed by atoms with Crippen molar-refractivity contribution >= 4 is 65.3 Å². The van der Waals surface area contributed by atoms with Gasteiger partial charge in [0.05, 0.1) is 16.7 Å². The predicted octanol–water partition coefficient (Wildman–Crippen LogP) is 20.5. The molecule has 3 heterocycles. The van der Waals surface area contributed by atoms with Gasteiger partial charge in [0.25, 0.3) is 0 Å². The molecular weight excluding hydrogens is 997 g/mol. The number of para-hydroxylation sites is 1. The van der Waals surface area contributed by atoms with Crippen LogP contribution in [0.15, 0.2) is 296 Å². The highest BCUT2D eigenvalue weighted by molar-refractivity contribution is 6.21. The van der Waals surface area contributed by atoms with Crippen molar-refractivity contribution in [3.8, 4) is 95.5 Å². The van der Waals surface area contributed by atoms with Gasteiger partial charge in [0.15, 0.2) is 17.5 Å². The summed E-state index contributed by atoms with van der Waals surface area (Å²) in [6.45, 7) is 0. The molecule has 0 amide bonds. The van der Waals surface area contributed by atoms with E-state index in [1.165, 1.54) is 54.6 Å². The van der Waals surface area contributed by atoms with Gasteiger partial charge in [-0.2, -0.15) is 0 Å². The minimum absolute atomic E-state index is 0.572. The first-order valence-electron chi connectivity index (χ1n) is 27.8. The van der Waals surface area contributed by atoms with Gasteiger partial charge in [-0.25, -0.2) is 15.0 Å². The maximum atomic E-state index is 6.43. The first kappa shape index (κ1) is 47.0.